The summed E-state index contributed by atoms with van der Waals surface area (Å²) < 4.78 is 5.78. The highest BCUT2D eigenvalue weighted by Gasteiger charge is 2.24. The number of aryl methyl sites for hydroxylation is 1. The van der Waals surface area contributed by atoms with Gasteiger partial charge in [-0.1, -0.05) is 13.8 Å². The Bertz CT molecular complexity index is 381. The van der Waals surface area contributed by atoms with E-state index < -0.39 is 0 Å². The van der Waals surface area contributed by atoms with E-state index in [9.17, 15) is 0 Å². The second kappa shape index (κ2) is 6.25. The van der Waals surface area contributed by atoms with E-state index in [1.165, 1.54) is 0 Å². The molecule has 1 fully saturated rings. The molecule has 1 aliphatic heterocycles. The average Bonchev–Trinajstić information content (AvgIpc) is 2.37. The Labute approximate surface area is 109 Å². The molecule has 100 valence electrons. The topological polar surface area (TPSA) is 47.0 Å². The molecule has 1 N–H and O–H groups in total. The normalized spacial score (nSPS) is 24.4. The van der Waals surface area contributed by atoms with E-state index >= 15 is 0 Å². The minimum absolute atomic E-state index is 0.392. The van der Waals surface area contributed by atoms with Crippen LogP contribution in [0.4, 0.5) is 0 Å². The fourth-order valence-corrected chi connectivity index (χ4v) is 2.33. The Hall–Kier alpha value is -1.00. The van der Waals surface area contributed by atoms with Crippen molar-refractivity contribution in [3.8, 4) is 0 Å². The zero-order valence-electron chi connectivity index (χ0n) is 11.5. The molecule has 2 heterocycles. The first-order valence-electron chi connectivity index (χ1n) is 6.78. The molecule has 2 unspecified atom stereocenters. The molecule has 0 spiro atoms. The molecule has 1 aromatic rings. The summed E-state index contributed by atoms with van der Waals surface area (Å²) >= 11 is 0. The molecule has 4 nitrogen and oxygen atoms in total. The highest BCUT2D eigenvalue weighted by molar-refractivity contribution is 5.01. The van der Waals surface area contributed by atoms with Crippen LogP contribution in [0.5, 0.6) is 0 Å². The third-order valence-corrected chi connectivity index (χ3v) is 3.46. The predicted octanol–water partition coefficient (Wildman–Crippen LogP) is 2.08. The third kappa shape index (κ3) is 3.75. The van der Waals surface area contributed by atoms with Crippen molar-refractivity contribution >= 4 is 0 Å². The van der Waals surface area contributed by atoms with Gasteiger partial charge in [0, 0.05) is 25.4 Å². The van der Waals surface area contributed by atoms with Crippen LogP contribution in [0.15, 0.2) is 12.3 Å². The van der Waals surface area contributed by atoms with Crippen molar-refractivity contribution in [1.82, 2.24) is 15.3 Å². The van der Waals surface area contributed by atoms with Crippen molar-refractivity contribution in [2.45, 2.75) is 52.3 Å². The molecule has 0 bridgehead atoms. The molecule has 1 aromatic heterocycles. The van der Waals surface area contributed by atoms with E-state index in [0.29, 0.717) is 18.1 Å². The summed E-state index contributed by atoms with van der Waals surface area (Å²) in [5, 5.41) is 3.58. The van der Waals surface area contributed by atoms with E-state index in [2.05, 4.69) is 29.1 Å². The molecule has 4 heteroatoms. The first kappa shape index (κ1) is 13.4. The lowest BCUT2D eigenvalue weighted by molar-refractivity contribution is -0.0246. The third-order valence-electron chi connectivity index (χ3n) is 3.46. The summed E-state index contributed by atoms with van der Waals surface area (Å²) in [5.41, 5.74) is 1.06. The number of ether oxygens (including phenoxy) is 1. The van der Waals surface area contributed by atoms with Crippen LogP contribution in [0.3, 0.4) is 0 Å². The summed E-state index contributed by atoms with van der Waals surface area (Å²) in [6, 6.07) is 2.51. The standard InChI is InChI=1S/C14H23N3O/c1-10(2)14-8-12(5-7-18-14)16-9-13-4-6-15-11(3)17-13/h4,6,10,12,14,16H,5,7-9H2,1-3H3. The van der Waals surface area contributed by atoms with E-state index in [4.69, 9.17) is 4.74 Å². The van der Waals surface area contributed by atoms with Crippen molar-refractivity contribution in [3.63, 3.8) is 0 Å². The summed E-state index contributed by atoms with van der Waals surface area (Å²) in [7, 11) is 0. The Morgan fingerprint density at radius 1 is 1.50 bits per heavy atom. The molecule has 18 heavy (non-hydrogen) atoms. The van der Waals surface area contributed by atoms with Gasteiger partial charge < -0.3 is 10.1 Å². The number of aromatic nitrogens is 2. The summed E-state index contributed by atoms with van der Waals surface area (Å²) in [6.45, 7) is 8.05. The molecule has 2 rings (SSSR count). The summed E-state index contributed by atoms with van der Waals surface area (Å²) in [5.74, 6) is 1.43. The van der Waals surface area contributed by atoms with Gasteiger partial charge in [-0.25, -0.2) is 9.97 Å². The highest BCUT2D eigenvalue weighted by atomic mass is 16.5. The Morgan fingerprint density at radius 2 is 2.33 bits per heavy atom. The number of nitrogens with one attached hydrogen (secondary N) is 1. The summed E-state index contributed by atoms with van der Waals surface area (Å²) in [4.78, 5) is 8.52. The maximum Gasteiger partial charge on any atom is 0.125 e. The molecule has 0 aromatic carbocycles. The zero-order valence-corrected chi connectivity index (χ0v) is 11.5. The van der Waals surface area contributed by atoms with Gasteiger partial charge in [-0.3, -0.25) is 0 Å². The quantitative estimate of drug-likeness (QED) is 0.887. The predicted molar refractivity (Wildman–Crippen MR) is 71.2 cm³/mol. The summed E-state index contributed by atoms with van der Waals surface area (Å²) in [6.07, 6.45) is 4.40. The van der Waals surface area contributed by atoms with Gasteiger partial charge in [0.1, 0.15) is 5.82 Å². The van der Waals surface area contributed by atoms with Crippen LogP contribution in [0.25, 0.3) is 0 Å². The van der Waals surface area contributed by atoms with Gasteiger partial charge in [-0.15, -0.1) is 0 Å². The fraction of sp³-hybridized carbons (Fsp3) is 0.714. The Morgan fingerprint density at radius 3 is 3.06 bits per heavy atom. The fourth-order valence-electron chi connectivity index (χ4n) is 2.33. The van der Waals surface area contributed by atoms with Crippen molar-refractivity contribution in [2.24, 2.45) is 5.92 Å². The van der Waals surface area contributed by atoms with Crippen LogP contribution in [-0.2, 0) is 11.3 Å². The van der Waals surface area contributed by atoms with Crippen molar-refractivity contribution in [2.75, 3.05) is 6.61 Å². The van der Waals surface area contributed by atoms with Crippen LogP contribution >= 0.6 is 0 Å². The Kier molecular flexibility index (Phi) is 4.66. The van der Waals surface area contributed by atoms with Crippen LogP contribution in [0.1, 0.15) is 38.2 Å². The molecule has 1 saturated heterocycles. The molecular formula is C14H23N3O. The Balaban J connectivity index is 1.83. The molecule has 1 aliphatic rings. The minimum Gasteiger partial charge on any atom is -0.378 e. The maximum absolute atomic E-state index is 5.78. The second-order valence-corrected chi connectivity index (χ2v) is 5.35. The zero-order chi connectivity index (χ0) is 13.0. The second-order valence-electron chi connectivity index (χ2n) is 5.35. The molecule has 2 atom stereocenters. The maximum atomic E-state index is 5.78. The lowest BCUT2D eigenvalue weighted by Gasteiger charge is -2.32. The van der Waals surface area contributed by atoms with Crippen molar-refractivity contribution in [3.05, 3.63) is 23.8 Å². The van der Waals surface area contributed by atoms with Gasteiger partial charge in [-0.2, -0.15) is 0 Å². The van der Waals surface area contributed by atoms with Gasteiger partial charge in [0.15, 0.2) is 0 Å². The van der Waals surface area contributed by atoms with Crippen molar-refractivity contribution < 1.29 is 4.74 Å². The SMILES string of the molecule is Cc1nccc(CNC2CCOC(C(C)C)C2)n1. The van der Waals surface area contributed by atoms with Crippen LogP contribution in [0, 0.1) is 12.8 Å². The van der Waals surface area contributed by atoms with E-state index in [-0.39, 0.29) is 0 Å². The van der Waals surface area contributed by atoms with Crippen LogP contribution in [0.2, 0.25) is 0 Å². The van der Waals surface area contributed by atoms with Crippen molar-refractivity contribution in [1.29, 1.82) is 0 Å². The average molecular weight is 249 g/mol. The first-order chi connectivity index (χ1) is 8.65. The number of hydrogen-bond acceptors (Lipinski definition) is 4. The first-order valence-corrected chi connectivity index (χ1v) is 6.78. The lowest BCUT2D eigenvalue weighted by Crippen LogP contribution is -2.40. The smallest absolute Gasteiger partial charge is 0.125 e. The number of rotatable bonds is 4. The van der Waals surface area contributed by atoms with Gasteiger partial charge in [-0.05, 0) is 31.7 Å². The molecule has 0 saturated carbocycles. The van der Waals surface area contributed by atoms with Crippen LogP contribution in [-0.4, -0.2) is 28.7 Å². The van der Waals surface area contributed by atoms with Gasteiger partial charge in [0.25, 0.3) is 0 Å². The monoisotopic (exact) mass is 249 g/mol. The van der Waals surface area contributed by atoms with E-state index in [1.807, 2.05) is 19.2 Å². The van der Waals surface area contributed by atoms with Gasteiger partial charge in [0.05, 0.1) is 11.8 Å². The number of nitrogens with zero attached hydrogens (tertiary/aromatic N) is 2. The minimum atomic E-state index is 0.392. The van der Waals surface area contributed by atoms with E-state index in [1.54, 1.807) is 0 Å². The largest absolute Gasteiger partial charge is 0.378 e. The number of hydrogen-bond donors (Lipinski definition) is 1. The highest BCUT2D eigenvalue weighted by Crippen LogP contribution is 2.20. The van der Waals surface area contributed by atoms with E-state index in [0.717, 1.165) is 37.5 Å². The molecular weight excluding hydrogens is 226 g/mol. The molecule has 0 amide bonds. The molecule has 0 aliphatic carbocycles. The van der Waals surface area contributed by atoms with Crippen LogP contribution < -0.4 is 5.32 Å². The van der Waals surface area contributed by atoms with Gasteiger partial charge in [0.2, 0.25) is 0 Å². The lowest BCUT2D eigenvalue weighted by atomic mass is 9.95. The van der Waals surface area contributed by atoms with Gasteiger partial charge >= 0.3 is 0 Å². The molecule has 0 radical (unpaired) electrons.